The maximum absolute atomic E-state index is 12.5. The summed E-state index contributed by atoms with van der Waals surface area (Å²) in [7, 11) is 0. The van der Waals surface area contributed by atoms with Crippen molar-refractivity contribution in [2.75, 3.05) is 11.9 Å². The molecule has 24 heavy (non-hydrogen) atoms. The molecular formula is C18H22N2O3S. The van der Waals surface area contributed by atoms with E-state index in [0.717, 1.165) is 0 Å². The number of benzene rings is 1. The lowest BCUT2D eigenvalue weighted by Crippen LogP contribution is -2.38. The Morgan fingerprint density at radius 1 is 1.17 bits per heavy atom. The van der Waals surface area contributed by atoms with E-state index in [1.807, 2.05) is 19.2 Å². The van der Waals surface area contributed by atoms with Crippen molar-refractivity contribution < 1.29 is 14.7 Å². The van der Waals surface area contributed by atoms with Gasteiger partial charge in [0.05, 0.1) is 29.5 Å². The normalized spacial score (nSPS) is 12.0. The van der Waals surface area contributed by atoms with Crippen molar-refractivity contribution in [2.24, 2.45) is 5.92 Å². The summed E-state index contributed by atoms with van der Waals surface area (Å²) in [6.07, 6.45) is 0.686. The molecule has 2 rings (SSSR count). The van der Waals surface area contributed by atoms with Crippen molar-refractivity contribution in [2.45, 2.75) is 26.3 Å². The molecule has 0 fully saturated rings. The molecular weight excluding hydrogens is 324 g/mol. The molecule has 0 aliphatic rings. The second-order valence-electron chi connectivity index (χ2n) is 5.99. The first kappa shape index (κ1) is 18.2. The molecule has 2 aromatic rings. The zero-order valence-corrected chi connectivity index (χ0v) is 14.6. The van der Waals surface area contributed by atoms with Crippen molar-refractivity contribution in [1.82, 2.24) is 5.32 Å². The predicted octanol–water partition coefficient (Wildman–Crippen LogP) is 3.14. The number of aliphatic hydroxyl groups is 1. The Balaban J connectivity index is 2.12. The molecule has 0 aliphatic carbocycles. The van der Waals surface area contributed by atoms with E-state index in [0.29, 0.717) is 29.2 Å². The largest absolute Gasteiger partial charge is 0.394 e. The van der Waals surface area contributed by atoms with Gasteiger partial charge in [-0.25, -0.2) is 0 Å². The molecule has 3 N–H and O–H groups in total. The predicted molar refractivity (Wildman–Crippen MR) is 96.5 cm³/mol. The average Bonchev–Trinajstić information content (AvgIpc) is 3.08. The Morgan fingerprint density at radius 3 is 2.54 bits per heavy atom. The minimum absolute atomic E-state index is 0.118. The lowest BCUT2D eigenvalue weighted by atomic mass is 10.0. The third-order valence-electron chi connectivity index (χ3n) is 3.51. The van der Waals surface area contributed by atoms with Crippen molar-refractivity contribution in [3.63, 3.8) is 0 Å². The fraction of sp³-hybridized carbons (Fsp3) is 0.333. The van der Waals surface area contributed by atoms with Crippen LogP contribution in [0.15, 0.2) is 41.1 Å². The number of carbonyl (C=O) groups is 2. The quantitative estimate of drug-likeness (QED) is 0.721. The van der Waals surface area contributed by atoms with Crippen LogP contribution in [0.2, 0.25) is 0 Å². The number of carbonyl (C=O) groups excluding carboxylic acids is 2. The molecule has 0 saturated heterocycles. The van der Waals surface area contributed by atoms with E-state index in [9.17, 15) is 14.7 Å². The van der Waals surface area contributed by atoms with Crippen LogP contribution in [0, 0.1) is 5.92 Å². The molecule has 1 atom stereocenters. The van der Waals surface area contributed by atoms with Gasteiger partial charge in [-0.3, -0.25) is 9.59 Å². The molecule has 128 valence electrons. The Labute approximate surface area is 145 Å². The highest BCUT2D eigenvalue weighted by atomic mass is 32.1. The molecule has 5 nitrogen and oxygen atoms in total. The number of amides is 2. The van der Waals surface area contributed by atoms with Crippen LogP contribution in [0.5, 0.6) is 0 Å². The number of hydrogen-bond donors (Lipinski definition) is 3. The van der Waals surface area contributed by atoms with Gasteiger partial charge in [0.15, 0.2) is 0 Å². The van der Waals surface area contributed by atoms with E-state index in [2.05, 4.69) is 10.6 Å². The molecule has 0 bridgehead atoms. The molecule has 1 heterocycles. The van der Waals surface area contributed by atoms with Crippen LogP contribution in [0.25, 0.3) is 0 Å². The van der Waals surface area contributed by atoms with Gasteiger partial charge in [0.1, 0.15) is 0 Å². The molecule has 6 heteroatoms. The van der Waals surface area contributed by atoms with Crippen molar-refractivity contribution in [1.29, 1.82) is 0 Å². The lowest BCUT2D eigenvalue weighted by Gasteiger charge is -2.19. The van der Waals surface area contributed by atoms with E-state index in [-0.39, 0.29) is 24.5 Å². The number of thiophene rings is 1. The monoisotopic (exact) mass is 346 g/mol. The summed E-state index contributed by atoms with van der Waals surface area (Å²) in [5.74, 6) is -0.204. The molecule has 0 saturated carbocycles. The number of anilines is 1. The summed E-state index contributed by atoms with van der Waals surface area (Å²) in [5, 5.41) is 18.6. The van der Waals surface area contributed by atoms with Crippen LogP contribution >= 0.6 is 11.3 Å². The van der Waals surface area contributed by atoms with Crippen LogP contribution in [0.4, 0.5) is 5.69 Å². The SMILES string of the molecule is CC(C)CC(CO)NC(=O)c1ccccc1NC(=O)c1ccsc1. The Kier molecular flexibility index (Phi) is 6.52. The van der Waals surface area contributed by atoms with Gasteiger partial charge in [0.25, 0.3) is 11.8 Å². The van der Waals surface area contributed by atoms with Crippen LogP contribution in [0.3, 0.4) is 0 Å². The van der Waals surface area contributed by atoms with E-state index in [4.69, 9.17) is 0 Å². The standard InChI is InChI=1S/C18H22N2O3S/c1-12(2)9-14(10-21)19-18(23)15-5-3-4-6-16(15)20-17(22)13-7-8-24-11-13/h3-8,11-12,14,21H,9-10H2,1-2H3,(H,19,23)(H,20,22). The van der Waals surface area contributed by atoms with E-state index in [1.54, 1.807) is 35.7 Å². The van der Waals surface area contributed by atoms with E-state index >= 15 is 0 Å². The van der Waals surface area contributed by atoms with Crippen LogP contribution < -0.4 is 10.6 Å². The second kappa shape index (κ2) is 8.61. The summed E-state index contributed by atoms with van der Waals surface area (Å²) < 4.78 is 0. The smallest absolute Gasteiger partial charge is 0.256 e. The minimum atomic E-state index is -0.309. The maximum atomic E-state index is 12.5. The van der Waals surface area contributed by atoms with Crippen LogP contribution in [0.1, 0.15) is 41.0 Å². The highest BCUT2D eigenvalue weighted by molar-refractivity contribution is 7.08. The highest BCUT2D eigenvalue weighted by Crippen LogP contribution is 2.18. The minimum Gasteiger partial charge on any atom is -0.394 e. The molecule has 1 aromatic heterocycles. The number of hydrogen-bond acceptors (Lipinski definition) is 4. The molecule has 1 unspecified atom stereocenters. The topological polar surface area (TPSA) is 78.4 Å². The van der Waals surface area contributed by atoms with Gasteiger partial charge in [-0.05, 0) is 35.9 Å². The summed E-state index contributed by atoms with van der Waals surface area (Å²) in [4.78, 5) is 24.7. The summed E-state index contributed by atoms with van der Waals surface area (Å²) in [5.41, 5.74) is 1.39. The fourth-order valence-corrected chi connectivity index (χ4v) is 3.03. The second-order valence-corrected chi connectivity index (χ2v) is 6.77. The van der Waals surface area contributed by atoms with Gasteiger partial charge in [-0.1, -0.05) is 26.0 Å². The van der Waals surface area contributed by atoms with Gasteiger partial charge in [-0.2, -0.15) is 11.3 Å². The molecule has 0 radical (unpaired) electrons. The summed E-state index contributed by atoms with van der Waals surface area (Å²) in [6.45, 7) is 3.95. The van der Waals surface area contributed by atoms with Gasteiger partial charge >= 0.3 is 0 Å². The number of aliphatic hydroxyl groups excluding tert-OH is 1. The van der Waals surface area contributed by atoms with Gasteiger partial charge in [0, 0.05) is 5.38 Å². The van der Waals surface area contributed by atoms with Crippen molar-refractivity contribution in [3.8, 4) is 0 Å². The van der Waals surface area contributed by atoms with Gasteiger partial charge in [0.2, 0.25) is 0 Å². The average molecular weight is 346 g/mol. The molecule has 2 amide bonds. The first-order valence-corrected chi connectivity index (χ1v) is 8.79. The zero-order valence-electron chi connectivity index (χ0n) is 13.8. The van der Waals surface area contributed by atoms with Crippen LogP contribution in [-0.4, -0.2) is 29.6 Å². The number of rotatable bonds is 7. The number of para-hydroxylation sites is 1. The molecule has 1 aromatic carbocycles. The highest BCUT2D eigenvalue weighted by Gasteiger charge is 2.18. The Hall–Kier alpha value is -2.18. The summed E-state index contributed by atoms with van der Waals surface area (Å²) >= 11 is 1.44. The van der Waals surface area contributed by atoms with Crippen LogP contribution in [-0.2, 0) is 0 Å². The van der Waals surface area contributed by atoms with Gasteiger partial charge < -0.3 is 15.7 Å². The zero-order chi connectivity index (χ0) is 17.5. The first-order chi connectivity index (χ1) is 11.5. The van der Waals surface area contributed by atoms with Crippen molar-refractivity contribution in [3.05, 3.63) is 52.2 Å². The Morgan fingerprint density at radius 2 is 1.92 bits per heavy atom. The third kappa shape index (κ3) is 4.91. The van der Waals surface area contributed by atoms with E-state index < -0.39 is 0 Å². The molecule has 0 aliphatic heterocycles. The Bertz CT molecular complexity index is 683. The fourth-order valence-electron chi connectivity index (χ4n) is 2.39. The van der Waals surface area contributed by atoms with Gasteiger partial charge in [-0.15, -0.1) is 0 Å². The molecule has 0 spiro atoms. The maximum Gasteiger partial charge on any atom is 0.256 e. The van der Waals surface area contributed by atoms with Crippen molar-refractivity contribution >= 4 is 28.8 Å². The third-order valence-corrected chi connectivity index (χ3v) is 4.20. The van der Waals surface area contributed by atoms with E-state index in [1.165, 1.54) is 11.3 Å². The lowest BCUT2D eigenvalue weighted by molar-refractivity contribution is 0.0909. The first-order valence-electron chi connectivity index (χ1n) is 7.85. The number of nitrogens with one attached hydrogen (secondary N) is 2. The summed E-state index contributed by atoms with van der Waals surface area (Å²) in [6, 6.07) is 8.27.